The molecule has 0 aliphatic heterocycles. The predicted molar refractivity (Wildman–Crippen MR) is 65.8 cm³/mol. The second-order valence-electron chi connectivity index (χ2n) is 4.40. The number of carboxylic acid groups (broad SMARTS) is 4. The van der Waals surface area contributed by atoms with E-state index in [1.165, 1.54) is 0 Å². The van der Waals surface area contributed by atoms with Gasteiger partial charge in [-0.1, -0.05) is 0 Å². The molecule has 0 aromatic rings. The lowest BCUT2D eigenvalue weighted by Crippen LogP contribution is -2.47. The maximum atomic E-state index is 11.5. The Morgan fingerprint density at radius 3 is 1.73 bits per heavy atom. The molecule has 0 aromatic heterocycles. The molecule has 1 atom stereocenters. The van der Waals surface area contributed by atoms with Crippen LogP contribution in [0.1, 0.15) is 25.7 Å². The monoisotopic (exact) mass is 321 g/mol. The summed E-state index contributed by atoms with van der Waals surface area (Å²) in [7, 11) is 0. The molecule has 11 nitrogen and oxygen atoms in total. The Kier molecular flexibility index (Phi) is 6.96. The van der Waals surface area contributed by atoms with Crippen molar-refractivity contribution in [2.45, 2.75) is 37.3 Å². The van der Waals surface area contributed by atoms with Crippen molar-refractivity contribution in [3.63, 3.8) is 0 Å². The van der Waals surface area contributed by atoms with Crippen molar-refractivity contribution in [2.24, 2.45) is 5.73 Å². The quantitative estimate of drug-likeness (QED) is 0.293. The standard InChI is InChI=1S/C11H15NO10/c12-5(9(18)19)1-2-8(17)22-11(10(20)21,3-6(13)14)4-7(15)16/h5H,1-4,12H2,(H,13,14)(H,15,16)(H,18,19)(H,20,21). The first-order valence-corrected chi connectivity index (χ1v) is 5.87. The molecule has 22 heavy (non-hydrogen) atoms. The number of carboxylic acids is 4. The van der Waals surface area contributed by atoms with Crippen molar-refractivity contribution in [3.05, 3.63) is 0 Å². The summed E-state index contributed by atoms with van der Waals surface area (Å²) in [5.74, 6) is -7.96. The molecule has 0 saturated heterocycles. The highest BCUT2D eigenvalue weighted by molar-refractivity contribution is 5.90. The second-order valence-corrected chi connectivity index (χ2v) is 4.40. The number of aliphatic carboxylic acids is 4. The number of carbonyl (C=O) groups is 5. The molecule has 0 amide bonds. The van der Waals surface area contributed by atoms with Crippen molar-refractivity contribution in [1.82, 2.24) is 0 Å². The largest absolute Gasteiger partial charge is 0.481 e. The maximum absolute atomic E-state index is 11.5. The molecule has 0 aliphatic rings. The van der Waals surface area contributed by atoms with Crippen LogP contribution in [0.2, 0.25) is 0 Å². The van der Waals surface area contributed by atoms with Gasteiger partial charge in [0.2, 0.25) is 5.60 Å². The second kappa shape index (κ2) is 7.93. The molecule has 0 aromatic carbocycles. The topological polar surface area (TPSA) is 202 Å². The summed E-state index contributed by atoms with van der Waals surface area (Å²) in [6.45, 7) is 0. The number of carbonyl (C=O) groups excluding carboxylic acids is 1. The van der Waals surface area contributed by atoms with Gasteiger partial charge in [0.1, 0.15) is 6.04 Å². The number of hydrogen-bond donors (Lipinski definition) is 5. The summed E-state index contributed by atoms with van der Waals surface area (Å²) in [6.07, 6.45) is -3.51. The molecule has 0 aliphatic carbocycles. The van der Waals surface area contributed by atoms with E-state index < -0.39 is 60.8 Å². The number of esters is 1. The summed E-state index contributed by atoms with van der Waals surface area (Å²) < 4.78 is 4.50. The van der Waals surface area contributed by atoms with E-state index in [9.17, 15) is 24.0 Å². The lowest BCUT2D eigenvalue weighted by Gasteiger charge is -2.26. The number of hydrogen-bond acceptors (Lipinski definition) is 7. The molecule has 1 unspecified atom stereocenters. The summed E-state index contributed by atoms with van der Waals surface area (Å²) in [5, 5.41) is 34.9. The summed E-state index contributed by atoms with van der Waals surface area (Å²) >= 11 is 0. The smallest absolute Gasteiger partial charge is 0.349 e. The maximum Gasteiger partial charge on any atom is 0.349 e. The van der Waals surface area contributed by atoms with Gasteiger partial charge in [0.25, 0.3) is 0 Å². The minimum atomic E-state index is -2.78. The van der Waals surface area contributed by atoms with Gasteiger partial charge in [-0.2, -0.15) is 0 Å². The molecule has 0 rings (SSSR count). The first-order valence-electron chi connectivity index (χ1n) is 5.87. The average Bonchev–Trinajstić information content (AvgIpc) is 2.33. The van der Waals surface area contributed by atoms with Gasteiger partial charge >= 0.3 is 29.8 Å². The number of ether oxygens (including phenoxy) is 1. The SMILES string of the molecule is NC(CCC(=O)OC(CC(=O)O)(CC(=O)O)C(=O)O)C(=O)O. The minimum absolute atomic E-state index is 0.385. The number of nitrogens with two attached hydrogens (primary N) is 1. The molecule has 124 valence electrons. The highest BCUT2D eigenvalue weighted by Gasteiger charge is 2.47. The third-order valence-corrected chi connectivity index (χ3v) is 2.55. The van der Waals surface area contributed by atoms with E-state index in [-0.39, 0.29) is 6.42 Å². The molecule has 0 heterocycles. The molecular weight excluding hydrogens is 306 g/mol. The van der Waals surface area contributed by atoms with E-state index >= 15 is 0 Å². The van der Waals surface area contributed by atoms with Crippen LogP contribution in [-0.4, -0.2) is 61.9 Å². The number of rotatable bonds is 10. The zero-order valence-corrected chi connectivity index (χ0v) is 11.2. The van der Waals surface area contributed by atoms with Gasteiger partial charge < -0.3 is 30.9 Å². The van der Waals surface area contributed by atoms with Crippen LogP contribution in [0, 0.1) is 0 Å². The van der Waals surface area contributed by atoms with Crippen molar-refractivity contribution in [3.8, 4) is 0 Å². The Bertz CT molecular complexity index is 469. The van der Waals surface area contributed by atoms with E-state index in [0.717, 1.165) is 0 Å². The Labute approximate surface area is 123 Å². The van der Waals surface area contributed by atoms with E-state index in [0.29, 0.717) is 0 Å². The zero-order valence-electron chi connectivity index (χ0n) is 11.2. The van der Waals surface area contributed by atoms with Gasteiger partial charge in [-0.25, -0.2) is 4.79 Å². The van der Waals surface area contributed by atoms with Crippen molar-refractivity contribution < 1.29 is 49.1 Å². The molecule has 0 fully saturated rings. The Morgan fingerprint density at radius 1 is 0.955 bits per heavy atom. The summed E-state index contributed by atoms with van der Waals surface area (Å²) in [4.78, 5) is 54.5. The van der Waals surface area contributed by atoms with Crippen LogP contribution >= 0.6 is 0 Å². The lowest BCUT2D eigenvalue weighted by molar-refractivity contribution is -0.186. The van der Waals surface area contributed by atoms with Gasteiger partial charge in [-0.3, -0.25) is 19.2 Å². The highest BCUT2D eigenvalue weighted by atomic mass is 16.6. The third-order valence-electron chi connectivity index (χ3n) is 2.55. The van der Waals surface area contributed by atoms with E-state index in [2.05, 4.69) is 4.74 Å². The van der Waals surface area contributed by atoms with Gasteiger partial charge in [0.15, 0.2) is 0 Å². The molecule has 0 spiro atoms. The van der Waals surface area contributed by atoms with Crippen molar-refractivity contribution in [2.75, 3.05) is 0 Å². The lowest BCUT2D eigenvalue weighted by atomic mass is 9.95. The van der Waals surface area contributed by atoms with Crippen LogP contribution in [0.4, 0.5) is 0 Å². The van der Waals surface area contributed by atoms with Gasteiger partial charge in [-0.15, -0.1) is 0 Å². The fourth-order valence-electron chi connectivity index (χ4n) is 1.48. The van der Waals surface area contributed by atoms with Crippen molar-refractivity contribution in [1.29, 1.82) is 0 Å². The predicted octanol–water partition coefficient (Wildman–Crippen LogP) is -1.51. The van der Waals surface area contributed by atoms with E-state index in [1.54, 1.807) is 0 Å². The Balaban J connectivity index is 5.06. The van der Waals surface area contributed by atoms with Gasteiger partial charge in [0, 0.05) is 6.42 Å². The first-order chi connectivity index (χ1) is 10.00. The molecule has 0 radical (unpaired) electrons. The van der Waals surface area contributed by atoms with Crippen LogP contribution in [0.25, 0.3) is 0 Å². The summed E-state index contributed by atoms with van der Waals surface area (Å²) in [5.41, 5.74) is 2.36. The van der Waals surface area contributed by atoms with Crippen LogP contribution in [0.5, 0.6) is 0 Å². The van der Waals surface area contributed by atoms with Crippen LogP contribution in [0.3, 0.4) is 0 Å². The Morgan fingerprint density at radius 2 is 1.41 bits per heavy atom. The van der Waals surface area contributed by atoms with Crippen molar-refractivity contribution >= 4 is 29.8 Å². The normalized spacial score (nSPS) is 12.2. The van der Waals surface area contributed by atoms with Crippen LogP contribution in [-0.2, 0) is 28.7 Å². The average molecular weight is 321 g/mol. The fourth-order valence-corrected chi connectivity index (χ4v) is 1.48. The minimum Gasteiger partial charge on any atom is -0.481 e. The Hall–Kier alpha value is -2.69. The summed E-state index contributed by atoms with van der Waals surface area (Å²) in [6, 6.07) is -1.40. The molecule has 0 saturated carbocycles. The van der Waals surface area contributed by atoms with Gasteiger partial charge in [-0.05, 0) is 6.42 Å². The van der Waals surface area contributed by atoms with Crippen LogP contribution < -0.4 is 5.73 Å². The zero-order chi connectivity index (χ0) is 17.5. The fraction of sp³-hybridized carbons (Fsp3) is 0.545. The molecule has 11 heteroatoms. The van der Waals surface area contributed by atoms with E-state index in [1.807, 2.05) is 0 Å². The van der Waals surface area contributed by atoms with E-state index in [4.69, 9.17) is 26.2 Å². The molecular formula is C11H15NO10. The van der Waals surface area contributed by atoms with Crippen LogP contribution in [0.15, 0.2) is 0 Å². The molecule has 0 bridgehead atoms. The third kappa shape index (κ3) is 6.17. The first kappa shape index (κ1) is 19.3. The van der Waals surface area contributed by atoms with Gasteiger partial charge in [0.05, 0.1) is 12.8 Å². The highest BCUT2D eigenvalue weighted by Crippen LogP contribution is 2.23. The molecule has 6 N–H and O–H groups in total.